The first-order chi connectivity index (χ1) is 12.4. The fourth-order valence-corrected chi connectivity index (χ4v) is 5.11. The van der Waals surface area contributed by atoms with E-state index in [1.165, 1.54) is 10.4 Å². The van der Waals surface area contributed by atoms with Gasteiger partial charge in [-0.3, -0.25) is 9.59 Å². The average molecular weight is 376 g/mol. The Kier molecular flexibility index (Phi) is 4.61. The molecule has 0 saturated heterocycles. The van der Waals surface area contributed by atoms with Crippen molar-refractivity contribution in [1.82, 2.24) is 15.3 Å². The van der Waals surface area contributed by atoms with Gasteiger partial charge in [0.05, 0.1) is 12.4 Å². The SMILES string of the molecule is C[C@H]1CCc2c(sc3nc([C@H](C)[NH+](C)CC(=O)NC4CC4)[nH]c(=O)c23)C1. The normalized spacial score (nSPS) is 22.0. The number of aryl methyl sites for hydroxylation is 1. The van der Waals surface area contributed by atoms with Gasteiger partial charge in [-0.15, -0.1) is 11.3 Å². The van der Waals surface area contributed by atoms with Crippen LogP contribution in [0.1, 0.15) is 55.4 Å². The summed E-state index contributed by atoms with van der Waals surface area (Å²) >= 11 is 1.67. The molecule has 2 aromatic rings. The van der Waals surface area contributed by atoms with Gasteiger partial charge in [-0.25, -0.2) is 4.98 Å². The summed E-state index contributed by atoms with van der Waals surface area (Å²) < 4.78 is 0. The second-order valence-electron chi connectivity index (χ2n) is 8.07. The molecule has 0 bridgehead atoms. The van der Waals surface area contributed by atoms with E-state index < -0.39 is 0 Å². The zero-order valence-electron chi connectivity index (χ0n) is 15.6. The monoisotopic (exact) mass is 375 g/mol. The Morgan fingerprint density at radius 2 is 2.19 bits per heavy atom. The van der Waals surface area contributed by atoms with Gasteiger partial charge in [0.1, 0.15) is 10.9 Å². The average Bonchev–Trinajstić information content (AvgIpc) is 3.31. The molecule has 1 fully saturated rings. The molecule has 3 N–H and O–H groups in total. The van der Waals surface area contributed by atoms with Crippen molar-refractivity contribution in [3.63, 3.8) is 0 Å². The fraction of sp³-hybridized carbons (Fsp3) is 0.632. The third-order valence-electron chi connectivity index (χ3n) is 5.71. The lowest BCUT2D eigenvalue weighted by Crippen LogP contribution is -3.10. The van der Waals surface area contributed by atoms with Crippen molar-refractivity contribution in [2.45, 2.75) is 58.0 Å². The number of fused-ring (bicyclic) bond motifs is 3. The van der Waals surface area contributed by atoms with E-state index in [2.05, 4.69) is 17.2 Å². The maximum Gasteiger partial charge on any atom is 0.275 e. The molecule has 0 aromatic carbocycles. The Balaban J connectivity index is 1.58. The summed E-state index contributed by atoms with van der Waals surface area (Å²) in [5.74, 6) is 1.42. The lowest BCUT2D eigenvalue weighted by atomic mass is 9.89. The van der Waals surface area contributed by atoms with Crippen molar-refractivity contribution in [1.29, 1.82) is 0 Å². The van der Waals surface area contributed by atoms with Crippen molar-refractivity contribution < 1.29 is 9.69 Å². The van der Waals surface area contributed by atoms with Crippen LogP contribution in [-0.2, 0) is 17.6 Å². The van der Waals surface area contributed by atoms with Gasteiger partial charge in [-0.05, 0) is 50.5 Å². The first-order valence-corrected chi connectivity index (χ1v) is 10.4. The molecule has 4 rings (SSSR count). The van der Waals surface area contributed by atoms with Crippen molar-refractivity contribution in [3.8, 4) is 0 Å². The fourth-order valence-electron chi connectivity index (χ4n) is 3.72. The lowest BCUT2D eigenvalue weighted by molar-refractivity contribution is -0.903. The highest BCUT2D eigenvalue weighted by atomic mass is 32.1. The summed E-state index contributed by atoms with van der Waals surface area (Å²) in [6.07, 6.45) is 5.34. The first kappa shape index (κ1) is 17.7. The number of quaternary nitrogens is 1. The molecular formula is C19H27N4O2S+. The van der Waals surface area contributed by atoms with Crippen molar-refractivity contribution in [3.05, 3.63) is 26.6 Å². The largest absolute Gasteiger partial charge is 0.348 e. The molecular weight excluding hydrogens is 348 g/mol. The van der Waals surface area contributed by atoms with Gasteiger partial charge < -0.3 is 15.2 Å². The summed E-state index contributed by atoms with van der Waals surface area (Å²) in [5.41, 5.74) is 1.18. The van der Waals surface area contributed by atoms with Gasteiger partial charge in [-0.1, -0.05) is 6.92 Å². The zero-order chi connectivity index (χ0) is 18.4. The Hall–Kier alpha value is -1.73. The molecule has 1 amide bonds. The van der Waals surface area contributed by atoms with Gasteiger partial charge in [0, 0.05) is 10.9 Å². The highest BCUT2D eigenvalue weighted by molar-refractivity contribution is 7.18. The second kappa shape index (κ2) is 6.78. The molecule has 6 nitrogen and oxygen atoms in total. The molecule has 140 valence electrons. The maximum atomic E-state index is 12.7. The molecule has 2 aromatic heterocycles. The Bertz CT molecular complexity index is 899. The highest BCUT2D eigenvalue weighted by Gasteiger charge is 2.28. The van der Waals surface area contributed by atoms with Gasteiger partial charge in [-0.2, -0.15) is 0 Å². The number of rotatable bonds is 5. The third-order valence-corrected chi connectivity index (χ3v) is 6.86. The number of aromatic amines is 1. The predicted molar refractivity (Wildman–Crippen MR) is 103 cm³/mol. The summed E-state index contributed by atoms with van der Waals surface area (Å²) in [6, 6.07) is 0.329. The molecule has 1 unspecified atom stereocenters. The number of H-pyrrole nitrogens is 1. The van der Waals surface area contributed by atoms with Gasteiger partial charge in [0.25, 0.3) is 11.5 Å². The van der Waals surface area contributed by atoms with Gasteiger partial charge in [0.2, 0.25) is 0 Å². The van der Waals surface area contributed by atoms with Crippen molar-refractivity contribution >= 4 is 27.5 Å². The Morgan fingerprint density at radius 1 is 1.42 bits per heavy atom. The van der Waals surface area contributed by atoms with Gasteiger partial charge in [0.15, 0.2) is 12.4 Å². The molecule has 0 aliphatic heterocycles. The van der Waals surface area contributed by atoms with E-state index >= 15 is 0 Å². The minimum Gasteiger partial charge on any atom is -0.348 e. The molecule has 2 aliphatic rings. The van der Waals surface area contributed by atoms with E-state index in [4.69, 9.17) is 4.98 Å². The summed E-state index contributed by atoms with van der Waals surface area (Å²) in [6.45, 7) is 4.67. The number of aromatic nitrogens is 2. The number of nitrogens with one attached hydrogen (secondary N) is 3. The van der Waals surface area contributed by atoms with E-state index in [0.717, 1.165) is 47.2 Å². The van der Waals surface area contributed by atoms with Crippen LogP contribution in [0.15, 0.2) is 4.79 Å². The van der Waals surface area contributed by atoms with Crippen LogP contribution in [0.2, 0.25) is 0 Å². The highest BCUT2D eigenvalue weighted by Crippen LogP contribution is 2.35. The zero-order valence-corrected chi connectivity index (χ0v) is 16.5. The van der Waals surface area contributed by atoms with Crippen LogP contribution in [-0.4, -0.2) is 35.5 Å². The lowest BCUT2D eigenvalue weighted by Gasteiger charge is -2.20. The molecule has 3 atom stereocenters. The van der Waals surface area contributed by atoms with E-state index in [0.29, 0.717) is 24.3 Å². The minimum atomic E-state index is -0.0462. The number of hydrogen-bond acceptors (Lipinski definition) is 4. The molecule has 2 heterocycles. The maximum absolute atomic E-state index is 12.7. The number of amides is 1. The number of hydrogen-bond donors (Lipinski definition) is 3. The molecule has 2 aliphatic carbocycles. The number of carbonyl (C=O) groups excluding carboxylic acids is 1. The number of thiophene rings is 1. The van der Waals surface area contributed by atoms with Crippen LogP contribution >= 0.6 is 11.3 Å². The number of likely N-dealkylation sites (N-methyl/N-ethyl adjacent to an activating group) is 1. The van der Waals surface area contributed by atoms with Crippen LogP contribution in [0.25, 0.3) is 10.2 Å². The Morgan fingerprint density at radius 3 is 2.92 bits per heavy atom. The molecule has 26 heavy (non-hydrogen) atoms. The van der Waals surface area contributed by atoms with E-state index in [1.807, 2.05) is 14.0 Å². The smallest absolute Gasteiger partial charge is 0.275 e. The summed E-state index contributed by atoms with van der Waals surface area (Å²) in [7, 11) is 1.97. The topological polar surface area (TPSA) is 79.3 Å². The molecule has 7 heteroatoms. The minimum absolute atomic E-state index is 0.0286. The molecule has 1 saturated carbocycles. The molecule has 0 radical (unpaired) electrons. The number of nitrogens with zero attached hydrogens (tertiary/aromatic N) is 1. The second-order valence-corrected chi connectivity index (χ2v) is 9.15. The van der Waals surface area contributed by atoms with Crippen LogP contribution in [0.5, 0.6) is 0 Å². The number of carbonyl (C=O) groups is 1. The summed E-state index contributed by atoms with van der Waals surface area (Å²) in [5, 5.41) is 3.81. The standard InChI is InChI=1S/C19H26N4O2S/c1-10-4-7-13-14(8-10)26-19-16(13)18(25)21-17(22-19)11(2)23(3)9-15(24)20-12-5-6-12/h10-12H,4-9H2,1-3H3,(H,20,24)(H,21,22,25)/p+1/t10-,11-/m0/s1. The van der Waals surface area contributed by atoms with Crippen molar-refractivity contribution in [2.24, 2.45) is 5.92 Å². The third kappa shape index (κ3) is 3.42. The Labute approximate surface area is 157 Å². The first-order valence-electron chi connectivity index (χ1n) is 9.58. The molecule has 0 spiro atoms. The van der Waals surface area contributed by atoms with Crippen LogP contribution in [0.4, 0.5) is 0 Å². The predicted octanol–water partition coefficient (Wildman–Crippen LogP) is 0.964. The van der Waals surface area contributed by atoms with Crippen molar-refractivity contribution in [2.75, 3.05) is 13.6 Å². The van der Waals surface area contributed by atoms with Crippen LogP contribution in [0.3, 0.4) is 0 Å². The van der Waals surface area contributed by atoms with Crippen LogP contribution < -0.4 is 15.8 Å². The van der Waals surface area contributed by atoms with E-state index in [-0.39, 0.29) is 17.5 Å². The van der Waals surface area contributed by atoms with Crippen LogP contribution in [0, 0.1) is 5.92 Å². The van der Waals surface area contributed by atoms with E-state index in [1.54, 1.807) is 11.3 Å². The van der Waals surface area contributed by atoms with E-state index in [9.17, 15) is 9.59 Å². The summed E-state index contributed by atoms with van der Waals surface area (Å²) in [4.78, 5) is 35.8. The quantitative estimate of drug-likeness (QED) is 0.728. The van der Waals surface area contributed by atoms with Gasteiger partial charge >= 0.3 is 0 Å².